The predicted molar refractivity (Wildman–Crippen MR) is 134 cm³/mol. The van der Waals surface area contributed by atoms with Gasteiger partial charge in [0.2, 0.25) is 5.91 Å². The molecule has 38 heavy (non-hydrogen) atoms. The number of carbonyl (C=O) groups is 3. The van der Waals surface area contributed by atoms with Gasteiger partial charge in [-0.25, -0.2) is 9.80 Å². The van der Waals surface area contributed by atoms with Gasteiger partial charge in [-0.15, -0.1) is 0 Å². The van der Waals surface area contributed by atoms with E-state index in [-0.39, 0.29) is 40.8 Å². The van der Waals surface area contributed by atoms with Crippen molar-refractivity contribution in [2.75, 3.05) is 0 Å². The van der Waals surface area contributed by atoms with Crippen LogP contribution in [0.2, 0.25) is 10.0 Å². The highest BCUT2D eigenvalue weighted by Gasteiger charge is 2.34. The van der Waals surface area contributed by atoms with E-state index in [4.69, 9.17) is 38.3 Å². The number of aryl methyl sites for hydroxylation is 1. The van der Waals surface area contributed by atoms with E-state index in [1.807, 2.05) is 0 Å². The minimum atomic E-state index is -4.47. The van der Waals surface area contributed by atoms with Crippen molar-refractivity contribution >= 4 is 48.3 Å². The van der Waals surface area contributed by atoms with Crippen molar-refractivity contribution in [2.45, 2.75) is 45.3 Å². The third-order valence-electron chi connectivity index (χ3n) is 4.84. The van der Waals surface area contributed by atoms with Crippen LogP contribution in [-0.2, 0) is 22.2 Å². The number of nitrogens with one attached hydrogen (secondary N) is 1. The maximum Gasteiger partial charge on any atom is 0.631 e. The first kappa shape index (κ1) is 33.2. The van der Waals surface area contributed by atoms with Gasteiger partial charge in [0.1, 0.15) is 0 Å². The molecular weight excluding hydrogens is 555 g/mol. The number of aliphatic carboxylic acids is 1. The van der Waals surface area contributed by atoms with Gasteiger partial charge >= 0.3 is 19.5 Å². The summed E-state index contributed by atoms with van der Waals surface area (Å²) in [5.74, 6) is -3.01. The second kappa shape index (κ2) is 14.9. The van der Waals surface area contributed by atoms with Crippen LogP contribution in [0.25, 0.3) is 0 Å². The van der Waals surface area contributed by atoms with Crippen LogP contribution in [-0.4, -0.2) is 56.3 Å². The number of hydrogen-bond acceptors (Lipinski definition) is 6. The van der Waals surface area contributed by atoms with Crippen LogP contribution in [0.4, 0.5) is 13.2 Å². The molecular formula is C23H26BCl2F3N2O7. The van der Waals surface area contributed by atoms with Crippen molar-refractivity contribution in [3.05, 3.63) is 69.2 Å². The topological polar surface area (TPSA) is 147 Å². The third-order valence-corrected chi connectivity index (χ3v) is 5.40. The minimum absolute atomic E-state index is 0.0205. The lowest BCUT2D eigenvalue weighted by molar-refractivity contribution is -0.145. The van der Waals surface area contributed by atoms with E-state index in [1.165, 1.54) is 30.3 Å². The Kier molecular flexibility index (Phi) is 13.0. The highest BCUT2D eigenvalue weighted by atomic mass is 35.5. The monoisotopic (exact) mass is 580 g/mol. The summed E-state index contributed by atoms with van der Waals surface area (Å²) in [6.07, 6.45) is -4.56. The maximum absolute atomic E-state index is 13.2. The number of hydrogen-bond donors (Lipinski definition) is 5. The van der Waals surface area contributed by atoms with E-state index < -0.39 is 42.9 Å². The van der Waals surface area contributed by atoms with Crippen molar-refractivity contribution in [3.63, 3.8) is 0 Å². The van der Waals surface area contributed by atoms with E-state index in [1.54, 1.807) is 13.8 Å². The minimum Gasteiger partial charge on any atom is -0.480 e. The van der Waals surface area contributed by atoms with Gasteiger partial charge in [-0.2, -0.15) is 13.2 Å². The molecule has 0 spiro atoms. The molecule has 15 heteroatoms. The van der Waals surface area contributed by atoms with Gasteiger partial charge in [0.05, 0.1) is 16.1 Å². The van der Waals surface area contributed by atoms with Gasteiger partial charge in [0.15, 0.2) is 6.04 Å². The first-order chi connectivity index (χ1) is 17.5. The number of alkyl halides is 3. The Balaban J connectivity index is 0.00000168. The molecule has 0 aliphatic heterocycles. The smallest absolute Gasteiger partial charge is 0.480 e. The number of rotatable bonds is 8. The maximum atomic E-state index is 13.2. The zero-order chi connectivity index (χ0) is 29.2. The number of carboxylic acid groups (broad SMARTS) is 1. The van der Waals surface area contributed by atoms with Crippen LogP contribution < -0.4 is 5.43 Å². The molecule has 0 radical (unpaired) electrons. The van der Waals surface area contributed by atoms with Crippen LogP contribution in [0.1, 0.15) is 48.2 Å². The number of carboxylic acids is 1. The second-order valence-electron chi connectivity index (χ2n) is 8.36. The molecule has 0 aliphatic carbocycles. The van der Waals surface area contributed by atoms with Gasteiger partial charge in [-0.05, 0) is 54.7 Å². The first-order valence-electron chi connectivity index (χ1n) is 11.0. The quantitative estimate of drug-likeness (QED) is 0.237. The second-order valence-corrected chi connectivity index (χ2v) is 9.20. The lowest BCUT2D eigenvalue weighted by Gasteiger charge is -2.30. The molecule has 0 aromatic heterocycles. The van der Waals surface area contributed by atoms with Crippen molar-refractivity contribution in [1.29, 1.82) is 0 Å². The Morgan fingerprint density at radius 2 is 1.58 bits per heavy atom. The fourth-order valence-electron chi connectivity index (χ4n) is 3.13. The van der Waals surface area contributed by atoms with Crippen molar-refractivity contribution < 1.29 is 47.7 Å². The Morgan fingerprint density at radius 3 is 2.05 bits per heavy atom. The average molecular weight is 581 g/mol. The number of nitrogens with zero attached hydrogens (tertiary/aromatic N) is 1. The summed E-state index contributed by atoms with van der Waals surface area (Å²) < 4.78 is 38.1. The summed E-state index contributed by atoms with van der Waals surface area (Å²) in [4.78, 5) is 37.7. The van der Waals surface area contributed by atoms with Gasteiger partial charge in [-0.1, -0.05) is 49.2 Å². The standard InChI is InChI=1S/C23H23Cl2F3N2O4.BH3O3/c1-13(2)11-19(22(33)34)30(21(32)17-12-16(24)8-9-18(17)25)29-20(31)10-5-14-3-6-15(7-4-14)23(26,27)28;2-1(3)4/h3-4,6-9,12-13,19H,5,10-11H2,1-2H3,(H,29,31)(H,33,34);2-4H/t19-;/m1./s1. The highest BCUT2D eigenvalue weighted by molar-refractivity contribution is 6.35. The van der Waals surface area contributed by atoms with Gasteiger partial charge in [-0.3, -0.25) is 15.0 Å². The summed E-state index contributed by atoms with van der Waals surface area (Å²) in [6, 6.07) is 7.03. The van der Waals surface area contributed by atoms with Crippen LogP contribution in [0.15, 0.2) is 42.5 Å². The largest absolute Gasteiger partial charge is 0.631 e. The summed E-state index contributed by atoms with van der Waals surface area (Å²) in [6.45, 7) is 3.52. The first-order valence-corrected chi connectivity index (χ1v) is 11.8. The van der Waals surface area contributed by atoms with Crippen molar-refractivity contribution in [3.8, 4) is 0 Å². The number of carbonyl (C=O) groups excluding carboxylic acids is 2. The van der Waals surface area contributed by atoms with Crippen LogP contribution in [0, 0.1) is 5.92 Å². The summed E-state index contributed by atoms with van der Waals surface area (Å²) in [5.41, 5.74) is 1.90. The number of benzene rings is 2. The molecule has 9 nitrogen and oxygen atoms in total. The molecule has 2 rings (SSSR count). The molecule has 0 aliphatic rings. The molecule has 2 amide bonds. The summed E-state index contributed by atoms with van der Waals surface area (Å²) in [7, 11) is -2.17. The van der Waals surface area contributed by atoms with E-state index in [0.29, 0.717) is 5.56 Å². The van der Waals surface area contributed by atoms with Crippen LogP contribution in [0.3, 0.4) is 0 Å². The summed E-state index contributed by atoms with van der Waals surface area (Å²) >= 11 is 12.1. The normalized spacial score (nSPS) is 11.8. The van der Waals surface area contributed by atoms with E-state index in [0.717, 1.165) is 17.1 Å². The third kappa shape index (κ3) is 11.3. The molecule has 208 valence electrons. The molecule has 5 N–H and O–H groups in total. The highest BCUT2D eigenvalue weighted by Crippen LogP contribution is 2.29. The van der Waals surface area contributed by atoms with Crippen LogP contribution in [0.5, 0.6) is 0 Å². The lowest BCUT2D eigenvalue weighted by Crippen LogP contribution is -2.55. The molecule has 0 fully saturated rings. The molecule has 1 atom stereocenters. The fraction of sp³-hybridized carbons (Fsp3) is 0.348. The average Bonchev–Trinajstić information content (AvgIpc) is 2.80. The lowest BCUT2D eigenvalue weighted by atomic mass is 10.0. The van der Waals surface area contributed by atoms with E-state index in [2.05, 4.69) is 5.43 Å². The molecule has 2 aromatic rings. The summed E-state index contributed by atoms with van der Waals surface area (Å²) in [5, 5.41) is 32.2. The number of halogens is 5. The Morgan fingerprint density at radius 1 is 1.03 bits per heavy atom. The Hall–Kier alpha value is -2.84. The predicted octanol–water partition coefficient (Wildman–Crippen LogP) is 3.57. The number of hydrazine groups is 1. The molecule has 0 saturated heterocycles. The fourth-order valence-corrected chi connectivity index (χ4v) is 3.50. The Labute approximate surface area is 226 Å². The molecule has 0 heterocycles. The molecule has 0 bridgehead atoms. The SMILES string of the molecule is CC(C)C[C@H](C(=O)O)N(NC(=O)CCc1ccc(C(F)(F)F)cc1)C(=O)c1cc(Cl)ccc1Cl.OB(O)O. The van der Waals surface area contributed by atoms with E-state index in [9.17, 15) is 32.7 Å². The molecule has 0 saturated carbocycles. The van der Waals surface area contributed by atoms with Crippen molar-refractivity contribution in [2.24, 2.45) is 5.92 Å². The molecule has 0 unspecified atom stereocenters. The van der Waals surface area contributed by atoms with Crippen LogP contribution >= 0.6 is 23.2 Å². The van der Waals surface area contributed by atoms with E-state index >= 15 is 0 Å². The van der Waals surface area contributed by atoms with Gasteiger partial charge < -0.3 is 20.2 Å². The zero-order valence-corrected chi connectivity index (χ0v) is 21.8. The number of amides is 2. The zero-order valence-electron chi connectivity index (χ0n) is 20.2. The molecule has 2 aromatic carbocycles. The Bertz CT molecular complexity index is 1100. The van der Waals surface area contributed by atoms with Gasteiger partial charge in [0, 0.05) is 11.4 Å². The van der Waals surface area contributed by atoms with Crippen molar-refractivity contribution in [1.82, 2.24) is 10.4 Å². The van der Waals surface area contributed by atoms with Gasteiger partial charge in [0.25, 0.3) is 5.91 Å².